The first kappa shape index (κ1) is 37.0. The van der Waals surface area contributed by atoms with E-state index >= 15 is 0 Å². The van der Waals surface area contributed by atoms with E-state index in [-0.39, 0.29) is 57.6 Å². The monoisotopic (exact) mass is 760 g/mol. The molecule has 276 valence electrons. The smallest absolute Gasteiger partial charge is 0.274 e. The number of aryl methyl sites for hydroxylation is 2. The van der Waals surface area contributed by atoms with Gasteiger partial charge in [-0.3, -0.25) is 24.0 Å². The Balaban J connectivity index is 1.40. The molecule has 0 aliphatic carbocycles. The third kappa shape index (κ3) is 7.56. The maximum absolute atomic E-state index is 13.5. The highest BCUT2D eigenvalue weighted by atomic mass is 32.1. The quantitative estimate of drug-likeness (QED) is 0.172. The van der Waals surface area contributed by atoms with Crippen molar-refractivity contribution in [2.75, 3.05) is 0 Å². The predicted octanol–water partition coefficient (Wildman–Crippen LogP) is 3.95. The van der Waals surface area contributed by atoms with Gasteiger partial charge in [-0.25, -0.2) is 24.9 Å². The van der Waals surface area contributed by atoms with Gasteiger partial charge in [0.05, 0.1) is 6.04 Å². The number of fused-ring (bicyclic) bond motifs is 11. The number of aromatic nitrogens is 5. The number of rotatable bonds is 2. The summed E-state index contributed by atoms with van der Waals surface area (Å²) in [4.78, 5) is 88.1. The van der Waals surface area contributed by atoms with Gasteiger partial charge in [0.2, 0.25) is 17.7 Å². The molecule has 0 aromatic carbocycles. The molecule has 1 aliphatic rings. The van der Waals surface area contributed by atoms with E-state index in [1.807, 2.05) is 0 Å². The first-order valence-electron chi connectivity index (χ1n) is 16.5. The summed E-state index contributed by atoms with van der Waals surface area (Å²) >= 11 is 2.33. The third-order valence-corrected chi connectivity index (χ3v) is 10.2. The normalized spacial score (nSPS) is 19.9. The van der Waals surface area contributed by atoms with Crippen LogP contribution in [0.2, 0.25) is 0 Å². The molecule has 53 heavy (non-hydrogen) atoms. The summed E-state index contributed by atoms with van der Waals surface area (Å²) in [5, 5.41) is 15.2. The molecule has 0 spiro atoms. The van der Waals surface area contributed by atoms with Crippen LogP contribution in [0.4, 0.5) is 0 Å². The van der Waals surface area contributed by atoms with Gasteiger partial charge in [0.1, 0.15) is 68.1 Å². The van der Waals surface area contributed by atoms with Crippen molar-refractivity contribution in [1.82, 2.24) is 46.2 Å². The van der Waals surface area contributed by atoms with Gasteiger partial charge in [-0.05, 0) is 52.7 Å². The summed E-state index contributed by atoms with van der Waals surface area (Å²) in [6, 6.07) is -0.0243. The average Bonchev–Trinajstić information content (AvgIpc) is 3.92. The van der Waals surface area contributed by atoms with Crippen LogP contribution in [-0.4, -0.2) is 60.5 Å². The van der Waals surface area contributed by atoms with Crippen molar-refractivity contribution in [2.24, 2.45) is 11.7 Å². The first-order valence-corrected chi connectivity index (χ1v) is 18.3. The Morgan fingerprint density at radius 1 is 0.717 bits per heavy atom. The molecule has 5 aromatic rings. The van der Waals surface area contributed by atoms with Crippen molar-refractivity contribution in [3.8, 4) is 22.0 Å². The minimum Gasteiger partial charge on any atom is -0.443 e. The molecule has 0 saturated heterocycles. The Bertz CT molecular complexity index is 2250. The second-order valence-electron chi connectivity index (χ2n) is 12.8. The van der Waals surface area contributed by atoms with E-state index in [1.165, 1.54) is 22.8 Å². The molecule has 5 aromatic heterocycles. The van der Waals surface area contributed by atoms with Gasteiger partial charge < -0.3 is 35.8 Å². The number of oxazole rings is 2. The van der Waals surface area contributed by atoms with Crippen molar-refractivity contribution in [1.29, 1.82) is 0 Å². The lowest BCUT2D eigenvalue weighted by atomic mass is 10.0. The number of hydrogen-bond acceptors (Lipinski definition) is 14. The molecule has 6 N–H and O–H groups in total. The maximum Gasteiger partial charge on any atom is 0.274 e. The molecule has 17 nitrogen and oxygen atoms in total. The Labute approximate surface area is 310 Å². The molecule has 3 unspecified atom stereocenters. The van der Waals surface area contributed by atoms with Crippen LogP contribution in [0, 0.1) is 19.8 Å². The molecular weight excluding hydrogens is 725 g/mol. The maximum atomic E-state index is 13.5. The van der Waals surface area contributed by atoms with Crippen molar-refractivity contribution >= 4 is 52.2 Å². The summed E-state index contributed by atoms with van der Waals surface area (Å²) in [6.45, 7) is 11.8. The van der Waals surface area contributed by atoms with Gasteiger partial charge in [0.25, 0.3) is 23.6 Å². The van der Waals surface area contributed by atoms with Crippen molar-refractivity contribution in [2.45, 2.75) is 72.6 Å². The number of nitrogens with one attached hydrogen (secondary N) is 4. The Morgan fingerprint density at radius 2 is 1.30 bits per heavy atom. The number of nitrogens with two attached hydrogens (primary N) is 1. The second kappa shape index (κ2) is 14.7. The molecule has 8 bridgehead atoms. The number of thiazole rings is 2. The highest BCUT2D eigenvalue weighted by Crippen LogP contribution is 2.35. The number of nitrogens with zero attached hydrogens (tertiary/aromatic N) is 5. The van der Waals surface area contributed by atoms with Crippen LogP contribution in [-0.2, 0) is 4.79 Å². The summed E-state index contributed by atoms with van der Waals surface area (Å²) < 4.78 is 11.7. The van der Waals surface area contributed by atoms with E-state index in [0.717, 1.165) is 11.3 Å². The molecular formula is C34H36N10O7S2. The molecule has 19 heteroatoms. The van der Waals surface area contributed by atoms with Gasteiger partial charge in [0.15, 0.2) is 5.69 Å². The minimum atomic E-state index is -0.970. The molecule has 6 rings (SSSR count). The van der Waals surface area contributed by atoms with Crippen LogP contribution in [0.3, 0.4) is 0 Å². The Hall–Kier alpha value is -5.82. The summed E-state index contributed by atoms with van der Waals surface area (Å²) in [5.41, 5.74) is 6.62. The van der Waals surface area contributed by atoms with Gasteiger partial charge in [-0.2, -0.15) is 0 Å². The fourth-order valence-corrected chi connectivity index (χ4v) is 7.08. The predicted molar refractivity (Wildman–Crippen MR) is 192 cm³/mol. The van der Waals surface area contributed by atoms with E-state index in [9.17, 15) is 24.0 Å². The van der Waals surface area contributed by atoms with Crippen LogP contribution < -0.4 is 27.0 Å². The zero-order chi connectivity index (χ0) is 38.3. The topological polar surface area (TPSA) is 250 Å². The fraction of sp³-hybridized carbons (Fsp3) is 0.353. The van der Waals surface area contributed by atoms with E-state index in [2.05, 4.69) is 46.2 Å². The van der Waals surface area contributed by atoms with E-state index in [4.69, 9.17) is 14.6 Å². The molecule has 4 atom stereocenters. The van der Waals surface area contributed by atoms with Crippen molar-refractivity contribution in [3.63, 3.8) is 0 Å². The summed E-state index contributed by atoms with van der Waals surface area (Å²) in [5.74, 6) is -2.44. The van der Waals surface area contributed by atoms with Gasteiger partial charge in [0, 0.05) is 16.3 Å². The van der Waals surface area contributed by atoms with Gasteiger partial charge >= 0.3 is 0 Å². The molecule has 0 saturated carbocycles. The molecule has 6 heterocycles. The van der Waals surface area contributed by atoms with Gasteiger partial charge in [-0.15, -0.1) is 22.7 Å². The zero-order valence-electron chi connectivity index (χ0n) is 29.7. The lowest BCUT2D eigenvalue weighted by Gasteiger charge is -2.22. The first-order chi connectivity index (χ1) is 25.1. The third-order valence-electron chi connectivity index (χ3n) is 8.34. The Kier molecular flexibility index (Phi) is 10.2. The number of carbonyl (C=O) groups is 5. The van der Waals surface area contributed by atoms with Gasteiger partial charge in [-0.1, -0.05) is 13.8 Å². The van der Waals surface area contributed by atoms with Crippen LogP contribution >= 0.6 is 22.7 Å². The summed E-state index contributed by atoms with van der Waals surface area (Å²) in [6.07, 6.45) is 0. The molecule has 0 fully saturated rings. The minimum absolute atomic E-state index is 0.0222. The van der Waals surface area contributed by atoms with Crippen LogP contribution in [0.15, 0.2) is 31.7 Å². The standard InChI is InChI=1S/C34H36N10O7S2/c1-12(2)22-29(48)37-14(4)32-44-24(17(7)51-32)30(49)38-15(5)33-40-20(10-52-33)27(46)36-13(3)31-43-23(16(6)50-31)25-18(8-9-19(39-25)26(35)45)34-41-21(11-53-34)28(47)42-22/h8-15,22H,1-7H3,(H2,35,45)(H,36,46)(H,37,48)(H,38,49)(H,42,47)/t13?,14?,15?,22-/m0/s1. The van der Waals surface area contributed by atoms with Crippen molar-refractivity contribution < 1.29 is 32.8 Å². The van der Waals surface area contributed by atoms with E-state index in [1.54, 1.807) is 59.9 Å². The van der Waals surface area contributed by atoms with E-state index < -0.39 is 53.7 Å². The fourth-order valence-electron chi connectivity index (χ4n) is 5.45. The SMILES string of the molecule is Cc1oc2nc1C(=O)NC(C)c1nc(cs1)C(=O)NC(C)c1nc(c(C)o1)-c1nc(C(N)=O)ccc1-c1nc(cs1)C(=O)N[C@@H](C(C)C)C(=O)NC2C. The number of hydrogen-bond donors (Lipinski definition) is 5. The highest BCUT2D eigenvalue weighted by molar-refractivity contribution is 7.13. The van der Waals surface area contributed by atoms with Crippen LogP contribution in [0.1, 0.15) is 123 Å². The highest BCUT2D eigenvalue weighted by Gasteiger charge is 2.31. The average molecular weight is 761 g/mol. The Morgan fingerprint density at radius 3 is 1.98 bits per heavy atom. The molecule has 0 radical (unpaired) electrons. The number of carbonyl (C=O) groups excluding carboxylic acids is 5. The number of amides is 5. The van der Waals surface area contributed by atoms with E-state index in [0.29, 0.717) is 21.3 Å². The zero-order valence-corrected chi connectivity index (χ0v) is 31.3. The molecule has 1 aliphatic heterocycles. The summed E-state index contributed by atoms with van der Waals surface area (Å²) in [7, 11) is 0. The number of pyridine rings is 1. The lowest BCUT2D eigenvalue weighted by molar-refractivity contribution is -0.124. The van der Waals surface area contributed by atoms with Crippen LogP contribution in [0.5, 0.6) is 0 Å². The van der Waals surface area contributed by atoms with Crippen molar-refractivity contribution in [3.05, 3.63) is 74.0 Å². The molecule has 5 amide bonds. The number of primary amides is 1. The second-order valence-corrected chi connectivity index (χ2v) is 14.5. The largest absolute Gasteiger partial charge is 0.443 e. The van der Waals surface area contributed by atoms with Crippen LogP contribution in [0.25, 0.3) is 22.0 Å². The lowest BCUT2D eigenvalue weighted by Crippen LogP contribution is -2.50.